The molecule has 92 valence electrons. The van der Waals surface area contributed by atoms with Crippen LogP contribution in [0.25, 0.3) is 0 Å². The minimum atomic E-state index is 0.265. The Labute approximate surface area is 106 Å². The molecule has 3 heterocycles. The summed E-state index contributed by atoms with van der Waals surface area (Å²) in [4.78, 5) is 2.42. The molecule has 2 aliphatic heterocycles. The molecular formula is C12H17ClN4. The van der Waals surface area contributed by atoms with E-state index >= 15 is 0 Å². The van der Waals surface area contributed by atoms with Crippen LogP contribution in [0.15, 0.2) is 12.1 Å². The number of hydrogen-bond acceptors (Lipinski definition) is 4. The van der Waals surface area contributed by atoms with Crippen LogP contribution < -0.4 is 10.2 Å². The molecule has 0 saturated carbocycles. The summed E-state index contributed by atoms with van der Waals surface area (Å²) < 4.78 is 0. The first-order valence-corrected chi connectivity index (χ1v) is 6.66. The van der Waals surface area contributed by atoms with Gasteiger partial charge in [0.1, 0.15) is 0 Å². The molecule has 2 saturated heterocycles. The first-order valence-electron chi connectivity index (χ1n) is 6.28. The Balaban J connectivity index is 1.88. The van der Waals surface area contributed by atoms with Crippen molar-refractivity contribution in [1.82, 2.24) is 15.5 Å². The quantitative estimate of drug-likeness (QED) is 0.828. The van der Waals surface area contributed by atoms with Gasteiger partial charge in [-0.15, -0.1) is 10.2 Å². The van der Waals surface area contributed by atoms with Crippen LogP contribution in [-0.4, -0.2) is 35.4 Å². The number of nitrogens with one attached hydrogen (secondary N) is 1. The minimum absolute atomic E-state index is 0.265. The van der Waals surface area contributed by atoms with E-state index < -0.39 is 0 Å². The first-order chi connectivity index (χ1) is 8.30. The lowest BCUT2D eigenvalue weighted by atomic mass is 9.87. The normalized spacial score (nSPS) is 28.9. The van der Waals surface area contributed by atoms with E-state index in [9.17, 15) is 0 Å². The number of rotatable bonds is 1. The van der Waals surface area contributed by atoms with Gasteiger partial charge >= 0.3 is 0 Å². The maximum Gasteiger partial charge on any atom is 0.151 e. The van der Waals surface area contributed by atoms with Gasteiger partial charge < -0.3 is 10.2 Å². The van der Waals surface area contributed by atoms with E-state index in [0.29, 0.717) is 5.15 Å². The molecule has 4 nitrogen and oxygen atoms in total. The zero-order valence-electron chi connectivity index (χ0n) is 9.82. The summed E-state index contributed by atoms with van der Waals surface area (Å²) in [7, 11) is 0. The summed E-state index contributed by atoms with van der Waals surface area (Å²) in [5, 5.41) is 12.2. The maximum absolute atomic E-state index is 5.79. The first kappa shape index (κ1) is 11.2. The lowest BCUT2D eigenvalue weighted by molar-refractivity contribution is 0.314. The highest BCUT2D eigenvalue weighted by molar-refractivity contribution is 6.29. The topological polar surface area (TPSA) is 41.0 Å². The molecule has 1 N–H and O–H groups in total. The van der Waals surface area contributed by atoms with Crippen molar-refractivity contribution in [3.63, 3.8) is 0 Å². The fraction of sp³-hybridized carbons (Fsp3) is 0.667. The molecule has 3 rings (SSSR count). The SMILES string of the molecule is Clc1ccc(N2CCCC23CCCNC3)nn1. The predicted octanol–water partition coefficient (Wildman–Crippen LogP) is 1.85. The van der Waals surface area contributed by atoms with Crippen molar-refractivity contribution >= 4 is 17.4 Å². The Morgan fingerprint density at radius 3 is 2.82 bits per heavy atom. The summed E-state index contributed by atoms with van der Waals surface area (Å²) in [6.45, 7) is 3.29. The minimum Gasteiger partial charge on any atom is -0.348 e. The van der Waals surface area contributed by atoms with Gasteiger partial charge in [0.05, 0.1) is 5.54 Å². The van der Waals surface area contributed by atoms with Crippen molar-refractivity contribution in [2.75, 3.05) is 24.5 Å². The van der Waals surface area contributed by atoms with Gasteiger partial charge in [0.25, 0.3) is 0 Å². The Morgan fingerprint density at radius 1 is 1.24 bits per heavy atom. The van der Waals surface area contributed by atoms with Crippen LogP contribution in [0.2, 0.25) is 5.15 Å². The molecule has 0 aromatic carbocycles. The van der Waals surface area contributed by atoms with E-state index in [0.717, 1.165) is 25.5 Å². The van der Waals surface area contributed by atoms with E-state index in [2.05, 4.69) is 20.4 Å². The van der Waals surface area contributed by atoms with E-state index in [1.807, 2.05) is 12.1 Å². The Morgan fingerprint density at radius 2 is 2.12 bits per heavy atom. The standard InChI is InChI=1S/C12H17ClN4/c13-10-3-4-11(16-15-10)17-8-2-6-12(17)5-1-7-14-9-12/h3-4,14H,1-2,5-9H2. The smallest absolute Gasteiger partial charge is 0.151 e. The number of piperidine rings is 1. The molecule has 1 aromatic heterocycles. The van der Waals surface area contributed by atoms with Crippen molar-refractivity contribution in [2.24, 2.45) is 0 Å². The second kappa shape index (κ2) is 4.42. The van der Waals surface area contributed by atoms with Crippen molar-refractivity contribution in [1.29, 1.82) is 0 Å². The second-order valence-corrected chi connectivity index (χ2v) is 5.36. The fourth-order valence-corrected chi connectivity index (χ4v) is 3.25. The Kier molecular flexibility index (Phi) is 2.92. The molecule has 1 atom stereocenters. The van der Waals surface area contributed by atoms with Crippen LogP contribution in [-0.2, 0) is 0 Å². The third-order valence-electron chi connectivity index (χ3n) is 3.94. The van der Waals surface area contributed by atoms with Gasteiger partial charge in [0.15, 0.2) is 11.0 Å². The Bertz CT molecular complexity index is 386. The molecule has 1 spiro atoms. The molecular weight excluding hydrogens is 236 g/mol. The summed E-state index contributed by atoms with van der Waals surface area (Å²) in [5.41, 5.74) is 0.265. The van der Waals surface area contributed by atoms with Gasteiger partial charge in [0.2, 0.25) is 0 Å². The van der Waals surface area contributed by atoms with Crippen molar-refractivity contribution < 1.29 is 0 Å². The summed E-state index contributed by atoms with van der Waals surface area (Å²) in [6, 6.07) is 3.81. The molecule has 0 amide bonds. The number of anilines is 1. The van der Waals surface area contributed by atoms with Gasteiger partial charge in [0, 0.05) is 13.1 Å². The van der Waals surface area contributed by atoms with Crippen LogP contribution in [0.4, 0.5) is 5.82 Å². The predicted molar refractivity (Wildman–Crippen MR) is 68.5 cm³/mol. The lowest BCUT2D eigenvalue weighted by Gasteiger charge is -2.42. The molecule has 5 heteroatoms. The zero-order chi connectivity index (χ0) is 11.7. The Hall–Kier alpha value is -0.870. The van der Waals surface area contributed by atoms with Gasteiger partial charge in [-0.05, 0) is 44.4 Å². The summed E-state index contributed by atoms with van der Waals surface area (Å²) >= 11 is 5.79. The van der Waals surface area contributed by atoms with E-state index in [1.165, 1.54) is 25.7 Å². The van der Waals surface area contributed by atoms with E-state index in [1.54, 1.807) is 0 Å². The average Bonchev–Trinajstić information content (AvgIpc) is 2.75. The molecule has 0 aliphatic carbocycles. The molecule has 0 radical (unpaired) electrons. The second-order valence-electron chi connectivity index (χ2n) is 4.97. The van der Waals surface area contributed by atoms with Crippen LogP contribution in [0.5, 0.6) is 0 Å². The van der Waals surface area contributed by atoms with Crippen molar-refractivity contribution in [3.05, 3.63) is 17.3 Å². The van der Waals surface area contributed by atoms with Crippen LogP contribution >= 0.6 is 11.6 Å². The van der Waals surface area contributed by atoms with Crippen LogP contribution in [0, 0.1) is 0 Å². The molecule has 2 aliphatic rings. The summed E-state index contributed by atoms with van der Waals surface area (Å²) in [6.07, 6.45) is 5.00. The monoisotopic (exact) mass is 252 g/mol. The summed E-state index contributed by atoms with van der Waals surface area (Å²) in [5.74, 6) is 0.968. The van der Waals surface area contributed by atoms with Gasteiger partial charge in [-0.1, -0.05) is 11.6 Å². The molecule has 1 unspecified atom stereocenters. The highest BCUT2D eigenvalue weighted by Crippen LogP contribution is 2.37. The largest absolute Gasteiger partial charge is 0.348 e. The average molecular weight is 253 g/mol. The molecule has 2 fully saturated rings. The van der Waals surface area contributed by atoms with Crippen LogP contribution in [0.3, 0.4) is 0 Å². The third kappa shape index (κ3) is 2.00. The fourth-order valence-electron chi connectivity index (χ4n) is 3.14. The number of hydrogen-bond donors (Lipinski definition) is 1. The highest BCUT2D eigenvalue weighted by atomic mass is 35.5. The molecule has 0 bridgehead atoms. The number of halogens is 1. The van der Waals surface area contributed by atoms with Gasteiger partial charge in [-0.2, -0.15) is 0 Å². The highest BCUT2D eigenvalue weighted by Gasteiger charge is 2.42. The number of aromatic nitrogens is 2. The maximum atomic E-state index is 5.79. The third-order valence-corrected chi connectivity index (χ3v) is 4.14. The molecule has 1 aromatic rings. The molecule has 17 heavy (non-hydrogen) atoms. The van der Waals surface area contributed by atoms with Gasteiger partial charge in [-0.3, -0.25) is 0 Å². The van der Waals surface area contributed by atoms with Gasteiger partial charge in [-0.25, -0.2) is 0 Å². The zero-order valence-corrected chi connectivity index (χ0v) is 10.6. The van der Waals surface area contributed by atoms with Crippen LogP contribution in [0.1, 0.15) is 25.7 Å². The van der Waals surface area contributed by atoms with Crippen molar-refractivity contribution in [2.45, 2.75) is 31.2 Å². The van der Waals surface area contributed by atoms with Crippen molar-refractivity contribution in [3.8, 4) is 0 Å². The lowest BCUT2D eigenvalue weighted by Crippen LogP contribution is -2.54. The number of nitrogens with zero attached hydrogens (tertiary/aromatic N) is 3. The van der Waals surface area contributed by atoms with E-state index in [4.69, 9.17) is 11.6 Å². The van der Waals surface area contributed by atoms with E-state index in [-0.39, 0.29) is 5.54 Å².